The van der Waals surface area contributed by atoms with E-state index in [1.165, 1.54) is 0 Å². The summed E-state index contributed by atoms with van der Waals surface area (Å²) in [5.74, 6) is 0. The van der Waals surface area contributed by atoms with Crippen LogP contribution in [0.15, 0.2) is 18.2 Å². The first kappa shape index (κ1) is 15.8. The number of methoxy groups -OCH3 is 1. The van der Waals surface area contributed by atoms with Crippen LogP contribution in [0, 0.1) is 0 Å². The van der Waals surface area contributed by atoms with Gasteiger partial charge < -0.3 is 10.5 Å². The predicted molar refractivity (Wildman–Crippen MR) is 55.3 cm³/mol. The van der Waals surface area contributed by atoms with Crippen LogP contribution in [0.1, 0.15) is 22.8 Å². The summed E-state index contributed by atoms with van der Waals surface area (Å²) in [6.07, 6.45) is -10.8. The molecule has 0 bridgehead atoms. The van der Waals surface area contributed by atoms with Crippen molar-refractivity contribution in [1.82, 2.24) is 0 Å². The summed E-state index contributed by atoms with van der Waals surface area (Å²) in [4.78, 5) is 0. The lowest BCUT2D eigenvalue weighted by Gasteiger charge is -2.18. The van der Waals surface area contributed by atoms with Crippen molar-refractivity contribution in [2.24, 2.45) is 5.73 Å². The summed E-state index contributed by atoms with van der Waals surface area (Å²) < 4.78 is 80.2. The molecular weight excluding hydrogens is 276 g/mol. The summed E-state index contributed by atoms with van der Waals surface area (Å²) in [7, 11) is 1.16. The standard InChI is InChI=1S/C11H11F6NO/c1-19-9(5-18)6-2-7(10(12,13)14)4-8(3-6)11(15,16)17/h2-4,9H,5,18H2,1H3. The number of rotatable bonds is 3. The molecule has 0 aliphatic heterocycles. The number of halogens is 6. The lowest BCUT2D eigenvalue weighted by atomic mass is 10.0. The fraction of sp³-hybridized carbons (Fsp3) is 0.455. The molecule has 0 heterocycles. The number of alkyl halides is 6. The van der Waals surface area contributed by atoms with Gasteiger partial charge in [0, 0.05) is 13.7 Å². The van der Waals surface area contributed by atoms with Gasteiger partial charge in [-0.2, -0.15) is 26.3 Å². The maximum atomic E-state index is 12.6. The molecule has 0 aromatic heterocycles. The monoisotopic (exact) mass is 287 g/mol. The zero-order valence-electron chi connectivity index (χ0n) is 9.77. The third-order valence-electron chi connectivity index (χ3n) is 2.48. The van der Waals surface area contributed by atoms with E-state index in [-0.39, 0.29) is 18.2 Å². The van der Waals surface area contributed by atoms with Gasteiger partial charge in [-0.3, -0.25) is 0 Å². The molecule has 1 aromatic carbocycles. The van der Waals surface area contributed by atoms with Crippen molar-refractivity contribution in [3.05, 3.63) is 34.9 Å². The van der Waals surface area contributed by atoms with E-state index in [1.807, 2.05) is 0 Å². The lowest BCUT2D eigenvalue weighted by Crippen LogP contribution is -2.17. The molecular formula is C11H11F6NO. The summed E-state index contributed by atoms with van der Waals surface area (Å²) in [5.41, 5.74) is 2.23. The normalized spacial score (nSPS) is 14.5. The first-order valence-electron chi connectivity index (χ1n) is 5.12. The number of hydrogen-bond donors (Lipinski definition) is 1. The summed E-state index contributed by atoms with van der Waals surface area (Å²) in [6.45, 7) is -0.227. The van der Waals surface area contributed by atoms with E-state index >= 15 is 0 Å². The summed E-state index contributed by atoms with van der Waals surface area (Å²) >= 11 is 0. The number of nitrogens with two attached hydrogens (primary N) is 1. The van der Waals surface area contributed by atoms with Crippen LogP contribution in [0.25, 0.3) is 0 Å². The molecule has 1 rings (SSSR count). The Morgan fingerprint density at radius 2 is 1.42 bits per heavy atom. The number of benzene rings is 1. The third kappa shape index (κ3) is 3.84. The maximum absolute atomic E-state index is 12.6. The van der Waals surface area contributed by atoms with Crippen molar-refractivity contribution in [1.29, 1.82) is 0 Å². The van der Waals surface area contributed by atoms with Gasteiger partial charge in [0.25, 0.3) is 0 Å². The minimum absolute atomic E-state index is 0.0622. The molecule has 2 nitrogen and oxygen atoms in total. The second-order valence-electron chi connectivity index (χ2n) is 3.80. The highest BCUT2D eigenvalue weighted by molar-refractivity contribution is 5.35. The Morgan fingerprint density at radius 1 is 1.00 bits per heavy atom. The van der Waals surface area contributed by atoms with Crippen LogP contribution >= 0.6 is 0 Å². The molecule has 0 saturated heterocycles. The van der Waals surface area contributed by atoms with E-state index in [9.17, 15) is 26.3 Å². The molecule has 0 fully saturated rings. The van der Waals surface area contributed by atoms with Crippen LogP contribution in [0.5, 0.6) is 0 Å². The van der Waals surface area contributed by atoms with Crippen LogP contribution in [0.3, 0.4) is 0 Å². The molecule has 0 aliphatic carbocycles. The Bertz CT molecular complexity index is 404. The van der Waals surface area contributed by atoms with Crippen molar-refractivity contribution in [2.45, 2.75) is 18.5 Å². The first-order chi connectivity index (χ1) is 8.59. The maximum Gasteiger partial charge on any atom is 0.416 e. The molecule has 2 N–H and O–H groups in total. The zero-order chi connectivity index (χ0) is 14.8. The molecule has 1 unspecified atom stereocenters. The molecule has 0 aliphatic rings. The molecule has 19 heavy (non-hydrogen) atoms. The van der Waals surface area contributed by atoms with E-state index in [4.69, 9.17) is 10.5 Å². The predicted octanol–water partition coefficient (Wildman–Crippen LogP) is 3.37. The van der Waals surface area contributed by atoms with Gasteiger partial charge in [0.1, 0.15) is 0 Å². The van der Waals surface area contributed by atoms with E-state index in [0.29, 0.717) is 12.1 Å². The third-order valence-corrected chi connectivity index (χ3v) is 2.48. The average Bonchev–Trinajstić information content (AvgIpc) is 2.28. The molecule has 0 amide bonds. The molecule has 8 heteroatoms. The molecule has 0 saturated carbocycles. The van der Waals surface area contributed by atoms with Gasteiger partial charge in [-0.1, -0.05) is 0 Å². The van der Waals surface area contributed by atoms with E-state index in [0.717, 1.165) is 7.11 Å². The molecule has 0 spiro atoms. The fourth-order valence-electron chi connectivity index (χ4n) is 1.53. The van der Waals surface area contributed by atoms with Crippen molar-refractivity contribution < 1.29 is 31.1 Å². The largest absolute Gasteiger partial charge is 0.416 e. The van der Waals surface area contributed by atoms with Crippen molar-refractivity contribution in [3.63, 3.8) is 0 Å². The van der Waals surface area contributed by atoms with Gasteiger partial charge >= 0.3 is 12.4 Å². The second kappa shape index (κ2) is 5.38. The van der Waals surface area contributed by atoms with Crippen molar-refractivity contribution in [2.75, 3.05) is 13.7 Å². The van der Waals surface area contributed by atoms with Crippen LogP contribution in [-0.4, -0.2) is 13.7 Å². The Kier molecular flexibility index (Phi) is 4.46. The van der Waals surface area contributed by atoms with E-state index < -0.39 is 29.6 Å². The number of ether oxygens (including phenoxy) is 1. The molecule has 1 atom stereocenters. The average molecular weight is 287 g/mol. The van der Waals surface area contributed by atoms with Gasteiger partial charge in [-0.05, 0) is 23.8 Å². The number of hydrogen-bond acceptors (Lipinski definition) is 2. The van der Waals surface area contributed by atoms with Crippen LogP contribution in [0.4, 0.5) is 26.3 Å². The summed E-state index contributed by atoms with van der Waals surface area (Å²) in [6, 6.07) is 1.28. The van der Waals surface area contributed by atoms with E-state index in [1.54, 1.807) is 0 Å². The van der Waals surface area contributed by atoms with Crippen LogP contribution in [0.2, 0.25) is 0 Å². The van der Waals surface area contributed by atoms with Crippen LogP contribution < -0.4 is 5.73 Å². The molecule has 108 valence electrons. The minimum atomic E-state index is -4.87. The Morgan fingerprint density at radius 3 is 1.68 bits per heavy atom. The topological polar surface area (TPSA) is 35.2 Å². The molecule has 1 aromatic rings. The van der Waals surface area contributed by atoms with Gasteiger partial charge in [-0.15, -0.1) is 0 Å². The minimum Gasteiger partial charge on any atom is -0.375 e. The lowest BCUT2D eigenvalue weighted by molar-refractivity contribution is -0.143. The van der Waals surface area contributed by atoms with Gasteiger partial charge in [0.15, 0.2) is 0 Å². The highest BCUT2D eigenvalue weighted by Crippen LogP contribution is 2.37. The summed E-state index contributed by atoms with van der Waals surface area (Å²) in [5, 5.41) is 0. The second-order valence-corrected chi connectivity index (χ2v) is 3.80. The smallest absolute Gasteiger partial charge is 0.375 e. The van der Waals surface area contributed by atoms with Gasteiger partial charge in [0.05, 0.1) is 17.2 Å². The van der Waals surface area contributed by atoms with E-state index in [2.05, 4.69) is 0 Å². The SMILES string of the molecule is COC(CN)c1cc(C(F)(F)F)cc(C(F)(F)F)c1. The van der Waals surface area contributed by atoms with Crippen molar-refractivity contribution in [3.8, 4) is 0 Å². The highest BCUT2D eigenvalue weighted by atomic mass is 19.4. The Hall–Kier alpha value is -1.28. The highest BCUT2D eigenvalue weighted by Gasteiger charge is 2.37. The van der Waals surface area contributed by atoms with Gasteiger partial charge in [0.2, 0.25) is 0 Å². The molecule has 0 radical (unpaired) electrons. The Balaban J connectivity index is 3.41. The Labute approximate surface area is 105 Å². The van der Waals surface area contributed by atoms with Crippen LogP contribution in [-0.2, 0) is 17.1 Å². The zero-order valence-corrected chi connectivity index (χ0v) is 9.77. The van der Waals surface area contributed by atoms with Gasteiger partial charge in [-0.25, -0.2) is 0 Å². The fourth-order valence-corrected chi connectivity index (χ4v) is 1.53. The first-order valence-corrected chi connectivity index (χ1v) is 5.12. The van der Waals surface area contributed by atoms with Crippen molar-refractivity contribution >= 4 is 0 Å². The quantitative estimate of drug-likeness (QED) is 0.865.